The van der Waals surface area contributed by atoms with E-state index in [0.717, 1.165) is 18.2 Å². The zero-order valence-electron chi connectivity index (χ0n) is 15.5. The molecule has 150 valence electrons. The van der Waals surface area contributed by atoms with Gasteiger partial charge in [0.05, 0.1) is 18.2 Å². The van der Waals surface area contributed by atoms with E-state index in [0.29, 0.717) is 19.3 Å². The SMILES string of the molecule is COc1c(O)c(O)c2c(c1O)C(=O)c1cc3c(cc1C2=O)CCC(C(=O)CO)C3. The molecule has 2 aliphatic carbocycles. The van der Waals surface area contributed by atoms with Gasteiger partial charge in [-0.1, -0.05) is 0 Å². The molecule has 2 aliphatic rings. The molecule has 0 aliphatic heterocycles. The molecule has 0 aromatic heterocycles. The fourth-order valence-electron chi connectivity index (χ4n) is 4.18. The summed E-state index contributed by atoms with van der Waals surface area (Å²) in [6, 6.07) is 3.09. The quantitative estimate of drug-likeness (QED) is 0.382. The van der Waals surface area contributed by atoms with Crippen molar-refractivity contribution in [1.82, 2.24) is 0 Å². The first kappa shape index (κ1) is 18.9. The number of phenols is 3. The fourth-order valence-corrected chi connectivity index (χ4v) is 4.18. The van der Waals surface area contributed by atoms with Crippen LogP contribution in [0.4, 0.5) is 0 Å². The minimum Gasteiger partial charge on any atom is -0.504 e. The Kier molecular flexibility index (Phi) is 4.31. The molecule has 8 nitrogen and oxygen atoms in total. The summed E-state index contributed by atoms with van der Waals surface area (Å²) in [4.78, 5) is 38.0. The Hall–Kier alpha value is -3.39. The number of carbonyl (C=O) groups excluding carboxylic acids is 3. The Bertz CT molecular complexity index is 1100. The number of fused-ring (bicyclic) bond motifs is 3. The first-order valence-corrected chi connectivity index (χ1v) is 9.03. The van der Waals surface area contributed by atoms with Gasteiger partial charge in [-0.2, -0.15) is 0 Å². The maximum absolute atomic E-state index is 13.1. The summed E-state index contributed by atoms with van der Waals surface area (Å²) >= 11 is 0. The number of methoxy groups -OCH3 is 1. The van der Waals surface area contributed by atoms with Crippen molar-refractivity contribution in [2.45, 2.75) is 19.3 Å². The van der Waals surface area contributed by atoms with Gasteiger partial charge in [0.2, 0.25) is 11.5 Å². The van der Waals surface area contributed by atoms with E-state index in [9.17, 15) is 29.7 Å². The molecule has 2 aromatic rings. The van der Waals surface area contributed by atoms with Crippen LogP contribution in [-0.2, 0) is 17.6 Å². The van der Waals surface area contributed by atoms with Crippen LogP contribution >= 0.6 is 0 Å². The average Bonchev–Trinajstić information content (AvgIpc) is 2.72. The van der Waals surface area contributed by atoms with Gasteiger partial charge in [0.25, 0.3) is 0 Å². The van der Waals surface area contributed by atoms with Crippen molar-refractivity contribution >= 4 is 17.3 Å². The summed E-state index contributed by atoms with van der Waals surface area (Å²) in [5.41, 5.74) is 0.724. The second kappa shape index (κ2) is 6.59. The van der Waals surface area contributed by atoms with E-state index in [1.807, 2.05) is 0 Å². The topological polar surface area (TPSA) is 141 Å². The molecule has 1 unspecified atom stereocenters. The lowest BCUT2D eigenvalue weighted by molar-refractivity contribution is -0.125. The minimum atomic E-state index is -0.829. The number of ketones is 3. The number of hydrogen-bond donors (Lipinski definition) is 4. The molecular weight excluding hydrogens is 380 g/mol. The smallest absolute Gasteiger partial charge is 0.207 e. The van der Waals surface area contributed by atoms with E-state index in [-0.39, 0.29) is 22.8 Å². The summed E-state index contributed by atoms with van der Waals surface area (Å²) in [6.45, 7) is -0.549. The maximum Gasteiger partial charge on any atom is 0.207 e. The lowest BCUT2D eigenvalue weighted by Crippen LogP contribution is -2.27. The molecule has 0 saturated carbocycles. The van der Waals surface area contributed by atoms with Gasteiger partial charge in [-0.15, -0.1) is 0 Å². The van der Waals surface area contributed by atoms with Crippen LogP contribution in [0.5, 0.6) is 23.0 Å². The minimum absolute atomic E-state index is 0.0424. The summed E-state index contributed by atoms with van der Waals surface area (Å²) in [5, 5.41) is 39.8. The summed E-state index contributed by atoms with van der Waals surface area (Å²) in [7, 11) is 1.14. The Morgan fingerprint density at radius 2 is 1.59 bits per heavy atom. The molecule has 0 heterocycles. The van der Waals surface area contributed by atoms with Crippen LogP contribution < -0.4 is 4.74 Å². The summed E-state index contributed by atoms with van der Waals surface area (Å²) in [6.07, 6.45) is 1.36. The van der Waals surface area contributed by atoms with Crippen LogP contribution in [0.25, 0.3) is 0 Å². The zero-order valence-corrected chi connectivity index (χ0v) is 15.5. The van der Waals surface area contributed by atoms with E-state index in [1.165, 1.54) is 6.07 Å². The number of aryl methyl sites for hydroxylation is 1. The molecule has 1 atom stereocenters. The number of Topliss-reactive ketones (excluding diaryl/α,β-unsaturated/α-hetero) is 1. The van der Waals surface area contributed by atoms with Gasteiger partial charge in [0.1, 0.15) is 6.61 Å². The highest BCUT2D eigenvalue weighted by Crippen LogP contribution is 2.51. The molecule has 0 spiro atoms. The number of rotatable bonds is 3. The Morgan fingerprint density at radius 1 is 1.00 bits per heavy atom. The van der Waals surface area contributed by atoms with E-state index in [1.54, 1.807) is 6.07 Å². The molecule has 29 heavy (non-hydrogen) atoms. The third-order valence-corrected chi connectivity index (χ3v) is 5.70. The predicted molar refractivity (Wildman–Crippen MR) is 98.9 cm³/mol. The molecule has 0 saturated heterocycles. The summed E-state index contributed by atoms with van der Waals surface area (Å²) < 4.78 is 4.85. The van der Waals surface area contributed by atoms with Crippen LogP contribution in [0.1, 0.15) is 49.4 Å². The van der Waals surface area contributed by atoms with Crippen LogP contribution in [0, 0.1) is 5.92 Å². The molecule has 8 heteroatoms. The number of phenolic OH excluding ortho intramolecular Hbond substituents is 3. The van der Waals surface area contributed by atoms with Crippen LogP contribution in [0.3, 0.4) is 0 Å². The van der Waals surface area contributed by atoms with Crippen molar-refractivity contribution in [3.8, 4) is 23.0 Å². The molecule has 4 rings (SSSR count). The van der Waals surface area contributed by atoms with Crippen LogP contribution in [-0.4, -0.2) is 51.5 Å². The van der Waals surface area contributed by atoms with Crippen molar-refractivity contribution < 1.29 is 39.5 Å². The van der Waals surface area contributed by atoms with Gasteiger partial charge < -0.3 is 25.2 Å². The second-order valence-corrected chi connectivity index (χ2v) is 7.22. The van der Waals surface area contributed by atoms with Crippen molar-refractivity contribution in [1.29, 1.82) is 0 Å². The number of aromatic hydroxyl groups is 3. The van der Waals surface area contributed by atoms with Crippen molar-refractivity contribution in [3.63, 3.8) is 0 Å². The number of ether oxygens (including phenoxy) is 1. The maximum atomic E-state index is 13.1. The third kappa shape index (κ3) is 2.60. The van der Waals surface area contributed by atoms with Crippen LogP contribution in [0.15, 0.2) is 12.1 Å². The molecule has 0 radical (unpaired) electrons. The van der Waals surface area contributed by atoms with Crippen molar-refractivity contribution in [2.24, 2.45) is 5.92 Å². The average molecular weight is 398 g/mol. The Labute approximate surface area is 165 Å². The number of carbonyl (C=O) groups is 3. The van der Waals surface area contributed by atoms with Gasteiger partial charge >= 0.3 is 0 Å². The molecule has 0 bridgehead atoms. The summed E-state index contributed by atoms with van der Waals surface area (Å²) in [5.74, 6) is -4.91. The molecule has 4 N–H and O–H groups in total. The highest BCUT2D eigenvalue weighted by Gasteiger charge is 2.39. The van der Waals surface area contributed by atoms with E-state index in [2.05, 4.69) is 0 Å². The monoisotopic (exact) mass is 398 g/mol. The Balaban J connectivity index is 1.89. The number of aliphatic hydroxyl groups is 1. The second-order valence-electron chi connectivity index (χ2n) is 7.22. The lowest BCUT2D eigenvalue weighted by Gasteiger charge is -2.27. The normalized spacial score (nSPS) is 17.4. The zero-order chi connectivity index (χ0) is 21.0. The van der Waals surface area contributed by atoms with Gasteiger partial charge in [-0.25, -0.2) is 0 Å². The van der Waals surface area contributed by atoms with Crippen LogP contribution in [0.2, 0.25) is 0 Å². The lowest BCUT2D eigenvalue weighted by atomic mass is 9.76. The number of aliphatic hydroxyl groups excluding tert-OH is 1. The highest BCUT2D eigenvalue weighted by atomic mass is 16.5. The van der Waals surface area contributed by atoms with Gasteiger partial charge in [0.15, 0.2) is 28.8 Å². The number of benzene rings is 2. The van der Waals surface area contributed by atoms with Crippen molar-refractivity contribution in [3.05, 3.63) is 45.5 Å². The molecule has 0 fully saturated rings. The largest absolute Gasteiger partial charge is 0.504 e. The van der Waals surface area contributed by atoms with Gasteiger partial charge in [-0.3, -0.25) is 14.4 Å². The van der Waals surface area contributed by atoms with E-state index in [4.69, 9.17) is 9.84 Å². The standard InChI is InChI=1S/C21H18O8/c1-29-21-19(27)15-14(18(26)20(21)28)16(24)11-5-8-2-3-9(13(23)7-22)4-10(8)6-12(11)17(15)25/h5-6,9,22,26-28H,2-4,7H2,1H3. The highest BCUT2D eigenvalue weighted by molar-refractivity contribution is 6.31. The number of hydrogen-bond acceptors (Lipinski definition) is 8. The Morgan fingerprint density at radius 3 is 2.17 bits per heavy atom. The van der Waals surface area contributed by atoms with Crippen molar-refractivity contribution in [2.75, 3.05) is 13.7 Å². The van der Waals surface area contributed by atoms with Gasteiger partial charge in [-0.05, 0) is 42.5 Å². The predicted octanol–water partition coefficient (Wildman–Crippen LogP) is 1.25. The van der Waals surface area contributed by atoms with E-state index < -0.39 is 52.3 Å². The third-order valence-electron chi connectivity index (χ3n) is 5.70. The van der Waals surface area contributed by atoms with E-state index >= 15 is 0 Å². The first-order chi connectivity index (χ1) is 13.8. The fraction of sp³-hybridized carbons (Fsp3) is 0.286. The first-order valence-electron chi connectivity index (χ1n) is 9.03. The molecule has 0 amide bonds. The molecular formula is C21H18O8. The van der Waals surface area contributed by atoms with Gasteiger partial charge in [0, 0.05) is 17.0 Å². The molecule has 2 aromatic carbocycles.